The van der Waals surface area contributed by atoms with E-state index in [1.165, 1.54) is 0 Å². The molecule has 5 heteroatoms. The van der Waals surface area contributed by atoms with Gasteiger partial charge in [0.25, 0.3) is 0 Å². The molecule has 1 amide bonds. The van der Waals surface area contributed by atoms with Crippen LogP contribution in [0.5, 0.6) is 0 Å². The van der Waals surface area contributed by atoms with Gasteiger partial charge in [-0.05, 0) is 39.5 Å². The largest absolute Gasteiger partial charge is 0.444 e. The summed E-state index contributed by atoms with van der Waals surface area (Å²) in [6, 6.07) is 0. The summed E-state index contributed by atoms with van der Waals surface area (Å²) in [6.45, 7) is 7.55. The van der Waals surface area contributed by atoms with E-state index in [0.717, 1.165) is 12.8 Å². The van der Waals surface area contributed by atoms with Crippen molar-refractivity contribution in [2.24, 2.45) is 5.92 Å². The minimum Gasteiger partial charge on any atom is -0.444 e. The van der Waals surface area contributed by atoms with Crippen LogP contribution in [0, 0.1) is 5.92 Å². The first kappa shape index (κ1) is 15.3. The number of hydrogen-bond donors (Lipinski definition) is 0. The molecule has 2 saturated heterocycles. The fourth-order valence-corrected chi connectivity index (χ4v) is 2.79. The smallest absolute Gasteiger partial charge is 0.410 e. The Kier molecular flexibility index (Phi) is 4.68. The van der Waals surface area contributed by atoms with E-state index >= 15 is 0 Å². The number of amides is 1. The normalized spacial score (nSPS) is 25.6. The number of ketones is 1. The molecule has 0 aliphatic carbocycles. The van der Waals surface area contributed by atoms with E-state index in [-0.39, 0.29) is 12.2 Å². The van der Waals surface area contributed by atoms with Gasteiger partial charge in [0.1, 0.15) is 11.4 Å². The Labute approximate surface area is 120 Å². The zero-order valence-corrected chi connectivity index (χ0v) is 12.7. The van der Waals surface area contributed by atoms with Gasteiger partial charge in [0.15, 0.2) is 0 Å². The first-order valence-corrected chi connectivity index (χ1v) is 7.46. The van der Waals surface area contributed by atoms with Crippen molar-refractivity contribution in [2.75, 3.05) is 19.7 Å². The van der Waals surface area contributed by atoms with Gasteiger partial charge in [0.05, 0.1) is 12.7 Å². The molecule has 0 spiro atoms. The maximum Gasteiger partial charge on any atom is 0.410 e. The average Bonchev–Trinajstić information content (AvgIpc) is 2.37. The molecule has 0 radical (unpaired) electrons. The zero-order valence-electron chi connectivity index (χ0n) is 12.7. The van der Waals surface area contributed by atoms with E-state index in [0.29, 0.717) is 44.2 Å². The van der Waals surface area contributed by atoms with Crippen LogP contribution in [-0.4, -0.2) is 48.2 Å². The highest BCUT2D eigenvalue weighted by atomic mass is 16.6. The molecule has 0 aromatic heterocycles. The molecule has 2 aliphatic rings. The second-order valence-electron chi connectivity index (χ2n) is 6.71. The third-order valence-electron chi connectivity index (χ3n) is 3.86. The van der Waals surface area contributed by atoms with Gasteiger partial charge >= 0.3 is 6.09 Å². The van der Waals surface area contributed by atoms with Crippen LogP contribution in [-0.2, 0) is 14.3 Å². The molecular weight excluding hydrogens is 258 g/mol. The Morgan fingerprint density at radius 3 is 2.50 bits per heavy atom. The van der Waals surface area contributed by atoms with E-state index in [2.05, 4.69) is 0 Å². The molecule has 2 rings (SSSR count). The van der Waals surface area contributed by atoms with Crippen molar-refractivity contribution >= 4 is 11.9 Å². The maximum atomic E-state index is 12.0. The van der Waals surface area contributed by atoms with Crippen molar-refractivity contribution in [1.29, 1.82) is 0 Å². The van der Waals surface area contributed by atoms with Crippen LogP contribution >= 0.6 is 0 Å². The number of rotatable bonds is 1. The van der Waals surface area contributed by atoms with Gasteiger partial charge in [-0.3, -0.25) is 4.79 Å². The number of ether oxygens (including phenoxy) is 2. The minimum absolute atomic E-state index is 0.0528. The van der Waals surface area contributed by atoms with E-state index < -0.39 is 5.60 Å². The van der Waals surface area contributed by atoms with Crippen molar-refractivity contribution < 1.29 is 19.1 Å². The monoisotopic (exact) mass is 283 g/mol. The second kappa shape index (κ2) is 6.12. The lowest BCUT2D eigenvalue weighted by Crippen LogP contribution is -2.45. The number of piperidine rings is 1. The van der Waals surface area contributed by atoms with Crippen LogP contribution in [0.4, 0.5) is 4.79 Å². The molecule has 2 aliphatic heterocycles. The van der Waals surface area contributed by atoms with Gasteiger partial charge in [-0.25, -0.2) is 4.79 Å². The number of hydrogen-bond acceptors (Lipinski definition) is 4. The van der Waals surface area contributed by atoms with Crippen LogP contribution in [0.1, 0.15) is 46.5 Å². The lowest BCUT2D eigenvalue weighted by molar-refractivity contribution is -0.132. The van der Waals surface area contributed by atoms with Crippen LogP contribution in [0.25, 0.3) is 0 Å². The average molecular weight is 283 g/mol. The number of Topliss-reactive ketones (excluding diaryl/α,β-unsaturated/α-hetero) is 1. The van der Waals surface area contributed by atoms with Crippen LogP contribution < -0.4 is 0 Å². The van der Waals surface area contributed by atoms with Crippen molar-refractivity contribution in [3.05, 3.63) is 0 Å². The number of carbonyl (C=O) groups excluding carboxylic acids is 2. The standard InChI is InChI=1S/C15H25NO4/c1-15(2,3)20-14(18)16-7-4-11(5-8-16)13-10-12(17)6-9-19-13/h11,13H,4-10H2,1-3H3/t13-/m1/s1. The fourth-order valence-electron chi connectivity index (χ4n) is 2.79. The maximum absolute atomic E-state index is 12.0. The lowest BCUT2D eigenvalue weighted by atomic mass is 9.87. The van der Waals surface area contributed by atoms with Crippen molar-refractivity contribution in [2.45, 2.75) is 58.2 Å². The minimum atomic E-state index is -0.452. The molecule has 0 aromatic carbocycles. The third kappa shape index (κ3) is 4.20. The van der Waals surface area contributed by atoms with Crippen molar-refractivity contribution in [3.63, 3.8) is 0 Å². The molecule has 0 saturated carbocycles. The molecule has 2 heterocycles. The van der Waals surface area contributed by atoms with Crippen molar-refractivity contribution in [1.82, 2.24) is 4.90 Å². The van der Waals surface area contributed by atoms with Gasteiger partial charge in [0.2, 0.25) is 0 Å². The van der Waals surface area contributed by atoms with Crippen molar-refractivity contribution in [3.8, 4) is 0 Å². The summed E-state index contributed by atoms with van der Waals surface area (Å²) in [7, 11) is 0. The number of nitrogens with zero attached hydrogens (tertiary/aromatic N) is 1. The summed E-state index contributed by atoms with van der Waals surface area (Å²) in [5.74, 6) is 0.689. The number of likely N-dealkylation sites (tertiary alicyclic amines) is 1. The van der Waals surface area contributed by atoms with Gasteiger partial charge < -0.3 is 14.4 Å². The second-order valence-corrected chi connectivity index (χ2v) is 6.71. The lowest BCUT2D eigenvalue weighted by Gasteiger charge is -2.37. The zero-order chi connectivity index (χ0) is 14.8. The summed E-state index contributed by atoms with van der Waals surface area (Å²) in [4.78, 5) is 25.2. The molecule has 1 atom stereocenters. The Morgan fingerprint density at radius 2 is 1.95 bits per heavy atom. The Morgan fingerprint density at radius 1 is 1.30 bits per heavy atom. The molecule has 20 heavy (non-hydrogen) atoms. The van der Waals surface area contributed by atoms with Gasteiger partial charge in [-0.15, -0.1) is 0 Å². The fraction of sp³-hybridized carbons (Fsp3) is 0.867. The molecule has 114 valence electrons. The molecule has 5 nitrogen and oxygen atoms in total. The number of carbonyl (C=O) groups is 2. The van der Waals surface area contributed by atoms with Crippen LogP contribution in [0.3, 0.4) is 0 Å². The highest BCUT2D eigenvalue weighted by Gasteiger charge is 2.33. The Bertz CT molecular complexity index is 367. The van der Waals surface area contributed by atoms with Gasteiger partial charge in [0, 0.05) is 25.9 Å². The van der Waals surface area contributed by atoms with Gasteiger partial charge in [-0.1, -0.05) is 0 Å². The molecule has 2 fully saturated rings. The van der Waals surface area contributed by atoms with E-state index in [1.807, 2.05) is 20.8 Å². The molecule has 0 unspecified atom stereocenters. The predicted molar refractivity (Wildman–Crippen MR) is 74.5 cm³/mol. The van der Waals surface area contributed by atoms with Crippen LogP contribution in [0.2, 0.25) is 0 Å². The highest BCUT2D eigenvalue weighted by molar-refractivity contribution is 5.79. The molecule has 0 N–H and O–H groups in total. The molecule has 0 bridgehead atoms. The molecule has 0 aromatic rings. The summed E-state index contributed by atoms with van der Waals surface area (Å²) >= 11 is 0. The summed E-state index contributed by atoms with van der Waals surface area (Å²) in [6.07, 6.45) is 2.67. The first-order chi connectivity index (χ1) is 9.35. The highest BCUT2D eigenvalue weighted by Crippen LogP contribution is 2.28. The quantitative estimate of drug-likeness (QED) is 0.741. The summed E-state index contributed by atoms with van der Waals surface area (Å²) in [5, 5.41) is 0. The Hall–Kier alpha value is -1.10. The summed E-state index contributed by atoms with van der Waals surface area (Å²) in [5.41, 5.74) is -0.452. The summed E-state index contributed by atoms with van der Waals surface area (Å²) < 4.78 is 11.1. The predicted octanol–water partition coefficient (Wildman–Crippen LogP) is 2.38. The van der Waals surface area contributed by atoms with Crippen LogP contribution in [0.15, 0.2) is 0 Å². The molecular formula is C15H25NO4. The first-order valence-electron chi connectivity index (χ1n) is 7.46. The topological polar surface area (TPSA) is 55.8 Å². The van der Waals surface area contributed by atoms with Gasteiger partial charge in [-0.2, -0.15) is 0 Å². The third-order valence-corrected chi connectivity index (χ3v) is 3.86. The van der Waals surface area contributed by atoms with E-state index in [4.69, 9.17) is 9.47 Å². The Balaban J connectivity index is 1.80. The van der Waals surface area contributed by atoms with E-state index in [1.54, 1.807) is 4.90 Å². The van der Waals surface area contributed by atoms with E-state index in [9.17, 15) is 9.59 Å². The SMILES string of the molecule is CC(C)(C)OC(=O)N1CCC([C@H]2CC(=O)CCO2)CC1.